The fourth-order valence-corrected chi connectivity index (χ4v) is 1.71. The first-order chi connectivity index (χ1) is 7.49. The summed E-state index contributed by atoms with van der Waals surface area (Å²) in [4.78, 5) is 11.0. The van der Waals surface area contributed by atoms with Crippen molar-refractivity contribution in [3.05, 3.63) is 29.3 Å². The number of hydrogen-bond donors (Lipinski definition) is 1. The first kappa shape index (κ1) is 10.5. The van der Waals surface area contributed by atoms with Crippen LogP contribution >= 0.6 is 0 Å². The van der Waals surface area contributed by atoms with E-state index in [2.05, 4.69) is 5.10 Å². The van der Waals surface area contributed by atoms with Gasteiger partial charge in [-0.3, -0.25) is 4.68 Å². The molecular formula is C11H12N2O3. The number of carboxylic acids is 1. The lowest BCUT2D eigenvalue weighted by Crippen LogP contribution is -1.96. The fourth-order valence-electron chi connectivity index (χ4n) is 1.71. The van der Waals surface area contributed by atoms with Crippen LogP contribution in [0.1, 0.15) is 21.9 Å². The summed E-state index contributed by atoms with van der Waals surface area (Å²) < 4.78 is 6.86. The molecule has 0 radical (unpaired) electrons. The Bertz CT molecular complexity index is 552. The third kappa shape index (κ3) is 1.60. The molecule has 16 heavy (non-hydrogen) atoms. The van der Waals surface area contributed by atoms with Gasteiger partial charge in [-0.2, -0.15) is 5.10 Å². The van der Waals surface area contributed by atoms with E-state index in [-0.39, 0.29) is 5.56 Å². The summed E-state index contributed by atoms with van der Waals surface area (Å²) in [6, 6.07) is 1.80. The highest BCUT2D eigenvalue weighted by Crippen LogP contribution is 2.27. The van der Waals surface area contributed by atoms with Crippen molar-refractivity contribution in [3.63, 3.8) is 0 Å². The van der Waals surface area contributed by atoms with Crippen molar-refractivity contribution in [3.8, 4) is 11.3 Å². The average molecular weight is 220 g/mol. The van der Waals surface area contributed by atoms with Crippen LogP contribution in [0, 0.1) is 13.8 Å². The third-order valence-corrected chi connectivity index (χ3v) is 2.36. The van der Waals surface area contributed by atoms with Gasteiger partial charge in [-0.05, 0) is 19.9 Å². The number of nitrogens with zero attached hydrogens (tertiary/aromatic N) is 2. The lowest BCUT2D eigenvalue weighted by molar-refractivity contribution is 0.0697. The number of carboxylic acid groups (broad SMARTS) is 1. The van der Waals surface area contributed by atoms with Crippen LogP contribution in [-0.4, -0.2) is 20.9 Å². The maximum absolute atomic E-state index is 11.0. The summed E-state index contributed by atoms with van der Waals surface area (Å²) in [5, 5.41) is 13.2. The molecule has 5 nitrogen and oxygen atoms in total. The molecular weight excluding hydrogens is 208 g/mol. The molecule has 5 heteroatoms. The van der Waals surface area contributed by atoms with Crippen LogP contribution in [0.4, 0.5) is 0 Å². The van der Waals surface area contributed by atoms with E-state index in [0.717, 1.165) is 11.3 Å². The number of aromatic nitrogens is 2. The van der Waals surface area contributed by atoms with Gasteiger partial charge in [0.2, 0.25) is 0 Å². The summed E-state index contributed by atoms with van der Waals surface area (Å²) >= 11 is 0. The topological polar surface area (TPSA) is 68.3 Å². The highest BCUT2D eigenvalue weighted by atomic mass is 16.4. The summed E-state index contributed by atoms with van der Waals surface area (Å²) in [6.45, 7) is 3.61. The predicted molar refractivity (Wildman–Crippen MR) is 57.3 cm³/mol. The van der Waals surface area contributed by atoms with Crippen molar-refractivity contribution in [1.82, 2.24) is 9.78 Å². The molecule has 0 aliphatic rings. The van der Waals surface area contributed by atoms with Crippen molar-refractivity contribution in [2.45, 2.75) is 13.8 Å². The molecule has 0 unspecified atom stereocenters. The smallest absolute Gasteiger partial charge is 0.339 e. The Morgan fingerprint density at radius 3 is 2.69 bits per heavy atom. The average Bonchev–Trinajstić information content (AvgIpc) is 2.69. The van der Waals surface area contributed by atoms with E-state index >= 15 is 0 Å². The number of rotatable bonds is 2. The van der Waals surface area contributed by atoms with Crippen molar-refractivity contribution in [1.29, 1.82) is 0 Å². The highest BCUT2D eigenvalue weighted by Gasteiger charge is 2.19. The van der Waals surface area contributed by atoms with E-state index in [1.807, 2.05) is 6.92 Å². The van der Waals surface area contributed by atoms with Gasteiger partial charge in [-0.25, -0.2) is 4.79 Å². The lowest BCUT2D eigenvalue weighted by Gasteiger charge is -1.95. The number of hydrogen-bond acceptors (Lipinski definition) is 3. The second-order valence-electron chi connectivity index (χ2n) is 3.70. The molecule has 0 aromatic carbocycles. The van der Waals surface area contributed by atoms with Gasteiger partial charge in [0.1, 0.15) is 22.8 Å². The Kier molecular flexibility index (Phi) is 2.30. The molecule has 2 heterocycles. The minimum atomic E-state index is -0.985. The lowest BCUT2D eigenvalue weighted by atomic mass is 10.1. The van der Waals surface area contributed by atoms with Crippen LogP contribution in [0.5, 0.6) is 0 Å². The van der Waals surface area contributed by atoms with Gasteiger partial charge in [0.25, 0.3) is 0 Å². The van der Waals surface area contributed by atoms with E-state index in [1.165, 1.54) is 10.9 Å². The molecule has 84 valence electrons. The zero-order valence-electron chi connectivity index (χ0n) is 9.31. The first-order valence-corrected chi connectivity index (χ1v) is 4.83. The quantitative estimate of drug-likeness (QED) is 0.840. The molecule has 0 aliphatic heterocycles. The molecule has 0 bridgehead atoms. The van der Waals surface area contributed by atoms with Gasteiger partial charge in [0.15, 0.2) is 0 Å². The molecule has 0 atom stereocenters. The maximum Gasteiger partial charge on any atom is 0.339 e. The van der Waals surface area contributed by atoms with E-state index in [0.29, 0.717) is 11.5 Å². The van der Waals surface area contributed by atoms with Crippen molar-refractivity contribution >= 4 is 5.97 Å². The predicted octanol–water partition coefficient (Wildman–Crippen LogP) is 2.00. The number of aromatic carboxylic acids is 1. The third-order valence-electron chi connectivity index (χ3n) is 2.36. The number of furan rings is 1. The molecule has 1 N–H and O–H groups in total. The minimum absolute atomic E-state index is 0.186. The number of aryl methyl sites for hydroxylation is 3. The van der Waals surface area contributed by atoms with E-state index < -0.39 is 5.97 Å². The maximum atomic E-state index is 11.0. The largest absolute Gasteiger partial charge is 0.478 e. The molecule has 2 rings (SSSR count). The Labute approximate surface area is 92.3 Å². The Morgan fingerprint density at radius 2 is 2.19 bits per heavy atom. The van der Waals surface area contributed by atoms with E-state index in [4.69, 9.17) is 9.52 Å². The molecule has 0 fully saturated rings. The summed E-state index contributed by atoms with van der Waals surface area (Å²) in [5.74, 6) is 0.439. The van der Waals surface area contributed by atoms with Crippen molar-refractivity contribution in [2.75, 3.05) is 0 Å². The zero-order valence-corrected chi connectivity index (χ0v) is 9.31. The van der Waals surface area contributed by atoms with Gasteiger partial charge < -0.3 is 9.52 Å². The Morgan fingerprint density at radius 1 is 1.50 bits per heavy atom. The van der Waals surface area contributed by atoms with Crippen LogP contribution < -0.4 is 0 Å². The normalized spacial score (nSPS) is 10.7. The van der Waals surface area contributed by atoms with Gasteiger partial charge >= 0.3 is 5.97 Å². The van der Waals surface area contributed by atoms with Gasteiger partial charge in [0, 0.05) is 18.8 Å². The Balaban J connectivity index is 2.63. The van der Waals surface area contributed by atoms with Crippen molar-refractivity contribution in [2.24, 2.45) is 7.05 Å². The van der Waals surface area contributed by atoms with E-state index in [1.54, 1.807) is 20.0 Å². The first-order valence-electron chi connectivity index (χ1n) is 4.83. The second-order valence-corrected chi connectivity index (χ2v) is 3.70. The van der Waals surface area contributed by atoms with Gasteiger partial charge in [-0.1, -0.05) is 0 Å². The van der Waals surface area contributed by atoms with Crippen LogP contribution in [0.2, 0.25) is 0 Å². The fraction of sp³-hybridized carbons (Fsp3) is 0.273. The number of carbonyl (C=O) groups is 1. The van der Waals surface area contributed by atoms with Gasteiger partial charge in [0.05, 0.1) is 0 Å². The SMILES string of the molecule is Cc1cc(-c2nn(C)cc2C(=O)O)c(C)o1. The Hall–Kier alpha value is -2.04. The summed E-state index contributed by atoms with van der Waals surface area (Å²) in [7, 11) is 1.69. The molecule has 0 aliphatic carbocycles. The molecule has 0 spiro atoms. The molecule has 0 amide bonds. The highest BCUT2D eigenvalue weighted by molar-refractivity contribution is 5.94. The molecule has 0 saturated heterocycles. The van der Waals surface area contributed by atoms with Crippen LogP contribution in [0.15, 0.2) is 16.7 Å². The van der Waals surface area contributed by atoms with E-state index in [9.17, 15) is 4.79 Å². The molecule has 2 aromatic rings. The van der Waals surface area contributed by atoms with Gasteiger partial charge in [-0.15, -0.1) is 0 Å². The summed E-state index contributed by atoms with van der Waals surface area (Å²) in [5.41, 5.74) is 1.37. The van der Waals surface area contributed by atoms with Crippen LogP contribution in [-0.2, 0) is 7.05 Å². The minimum Gasteiger partial charge on any atom is -0.478 e. The second kappa shape index (κ2) is 3.52. The molecule has 0 saturated carbocycles. The monoisotopic (exact) mass is 220 g/mol. The van der Waals surface area contributed by atoms with Crippen LogP contribution in [0.25, 0.3) is 11.3 Å². The van der Waals surface area contributed by atoms with Crippen molar-refractivity contribution < 1.29 is 14.3 Å². The standard InChI is InChI=1S/C11H12N2O3/c1-6-4-8(7(2)16-6)10-9(11(14)15)5-13(3)12-10/h4-5H,1-3H3,(H,14,15). The molecule has 2 aromatic heterocycles. The van der Waals surface area contributed by atoms with Crippen LogP contribution in [0.3, 0.4) is 0 Å². The summed E-state index contributed by atoms with van der Waals surface area (Å²) in [6.07, 6.45) is 1.49. The zero-order chi connectivity index (χ0) is 11.9.